The lowest BCUT2D eigenvalue weighted by molar-refractivity contribution is 0.215. The highest BCUT2D eigenvalue weighted by atomic mass is 32.2. The Bertz CT molecular complexity index is 1390. The maximum absolute atomic E-state index is 12.1. The topological polar surface area (TPSA) is 124 Å². The van der Waals surface area contributed by atoms with Gasteiger partial charge in [-0.15, -0.1) is 5.10 Å². The van der Waals surface area contributed by atoms with Gasteiger partial charge >= 0.3 is 6.09 Å². The van der Waals surface area contributed by atoms with Crippen LogP contribution in [0.4, 0.5) is 16.3 Å². The highest BCUT2D eigenvalue weighted by Crippen LogP contribution is 2.29. The van der Waals surface area contributed by atoms with Gasteiger partial charge in [0.15, 0.2) is 5.82 Å². The molecule has 1 aromatic carbocycles. The quantitative estimate of drug-likeness (QED) is 0.459. The predicted molar refractivity (Wildman–Crippen MR) is 120 cm³/mol. The first-order chi connectivity index (χ1) is 15.3. The molecule has 1 amide bonds. The van der Waals surface area contributed by atoms with E-state index in [0.717, 1.165) is 11.8 Å². The first kappa shape index (κ1) is 21.1. The van der Waals surface area contributed by atoms with E-state index >= 15 is 0 Å². The predicted octanol–water partition coefficient (Wildman–Crippen LogP) is 3.39. The van der Waals surface area contributed by atoms with Crippen LogP contribution in [0.25, 0.3) is 16.6 Å². The van der Waals surface area contributed by atoms with E-state index in [-0.39, 0.29) is 11.6 Å². The van der Waals surface area contributed by atoms with Crippen LogP contribution in [0, 0.1) is 0 Å². The molecule has 10 nitrogen and oxygen atoms in total. The summed E-state index contributed by atoms with van der Waals surface area (Å²) in [6.45, 7) is 0. The number of para-hydroxylation sites is 1. The lowest BCUT2D eigenvalue weighted by Gasteiger charge is -2.11. The van der Waals surface area contributed by atoms with Crippen molar-refractivity contribution in [2.45, 2.75) is 0 Å². The Balaban J connectivity index is 1.58. The molecule has 0 spiro atoms. The second-order valence-corrected chi connectivity index (χ2v) is 8.55. The van der Waals surface area contributed by atoms with Crippen LogP contribution in [0.2, 0.25) is 0 Å². The Kier molecular flexibility index (Phi) is 5.65. The van der Waals surface area contributed by atoms with E-state index in [1.807, 2.05) is 12.1 Å². The zero-order valence-corrected chi connectivity index (χ0v) is 18.0. The van der Waals surface area contributed by atoms with Crippen LogP contribution in [0.1, 0.15) is 0 Å². The van der Waals surface area contributed by atoms with Crippen molar-refractivity contribution in [3.05, 3.63) is 67.0 Å². The molecule has 0 saturated heterocycles. The van der Waals surface area contributed by atoms with Crippen LogP contribution in [0.5, 0.6) is 11.6 Å². The third-order valence-electron chi connectivity index (χ3n) is 4.32. The van der Waals surface area contributed by atoms with Gasteiger partial charge in [0.25, 0.3) is 0 Å². The molecule has 0 aliphatic rings. The minimum Gasteiger partial charge on any atom is -0.480 e. The van der Waals surface area contributed by atoms with Crippen LogP contribution in [-0.2, 0) is 10.0 Å². The third kappa shape index (κ3) is 4.95. The SMILES string of the molecule is COc1ncc(-c2ccn3nc(NC(=O)Oc4ccccc4)cc3c2)cc1NS(C)(=O)=O. The average molecular weight is 453 g/mol. The molecule has 0 saturated carbocycles. The normalized spacial score (nSPS) is 11.2. The van der Waals surface area contributed by atoms with Gasteiger partial charge < -0.3 is 9.47 Å². The molecule has 3 aromatic heterocycles. The number of carbonyl (C=O) groups is 1. The number of hydrogen-bond donors (Lipinski definition) is 2. The number of sulfonamides is 1. The Hall–Kier alpha value is -4.12. The third-order valence-corrected chi connectivity index (χ3v) is 4.91. The van der Waals surface area contributed by atoms with Crippen LogP contribution in [0.15, 0.2) is 67.0 Å². The largest absolute Gasteiger partial charge is 0.480 e. The van der Waals surface area contributed by atoms with Crippen molar-refractivity contribution in [1.29, 1.82) is 0 Å². The minimum absolute atomic E-state index is 0.160. The van der Waals surface area contributed by atoms with Crippen molar-refractivity contribution in [1.82, 2.24) is 14.6 Å². The van der Waals surface area contributed by atoms with Gasteiger partial charge in [-0.25, -0.2) is 22.7 Å². The first-order valence-electron chi connectivity index (χ1n) is 9.36. The molecule has 0 bridgehead atoms. The summed E-state index contributed by atoms with van der Waals surface area (Å²) in [6.07, 6.45) is 3.68. The van der Waals surface area contributed by atoms with Crippen molar-refractivity contribution in [3.63, 3.8) is 0 Å². The summed E-state index contributed by atoms with van der Waals surface area (Å²) in [5.74, 6) is 0.893. The number of aromatic nitrogens is 3. The summed E-state index contributed by atoms with van der Waals surface area (Å²) < 4.78 is 37.6. The number of benzene rings is 1. The number of hydrogen-bond acceptors (Lipinski definition) is 7. The van der Waals surface area contributed by atoms with Gasteiger partial charge in [0, 0.05) is 24.0 Å². The molecular formula is C21H19N5O5S. The molecule has 0 atom stereocenters. The van der Waals surface area contributed by atoms with E-state index in [0.29, 0.717) is 22.6 Å². The number of methoxy groups -OCH3 is 1. The fourth-order valence-corrected chi connectivity index (χ4v) is 3.55. The molecule has 3 heterocycles. The zero-order valence-electron chi connectivity index (χ0n) is 17.1. The molecule has 0 unspecified atom stereocenters. The van der Waals surface area contributed by atoms with Gasteiger partial charge in [-0.3, -0.25) is 10.0 Å². The molecule has 0 radical (unpaired) electrons. The van der Waals surface area contributed by atoms with Crippen molar-refractivity contribution < 1.29 is 22.7 Å². The molecule has 4 aromatic rings. The van der Waals surface area contributed by atoms with E-state index in [1.54, 1.807) is 59.4 Å². The fourth-order valence-electron chi connectivity index (χ4n) is 3.01. The van der Waals surface area contributed by atoms with Gasteiger partial charge in [0.1, 0.15) is 11.4 Å². The number of rotatable bonds is 6. The smallest absolute Gasteiger partial charge is 0.418 e. The number of anilines is 2. The lowest BCUT2D eigenvalue weighted by atomic mass is 10.1. The van der Waals surface area contributed by atoms with Crippen molar-refractivity contribution in [3.8, 4) is 22.8 Å². The maximum atomic E-state index is 12.1. The summed E-state index contributed by atoms with van der Waals surface area (Å²) in [7, 11) is -2.10. The van der Waals surface area contributed by atoms with Crippen molar-refractivity contribution >= 4 is 33.1 Å². The van der Waals surface area contributed by atoms with Crippen molar-refractivity contribution in [2.75, 3.05) is 23.4 Å². The monoisotopic (exact) mass is 453 g/mol. The van der Waals surface area contributed by atoms with E-state index in [2.05, 4.69) is 20.1 Å². The lowest BCUT2D eigenvalue weighted by Crippen LogP contribution is -2.16. The highest BCUT2D eigenvalue weighted by Gasteiger charge is 2.13. The molecule has 2 N–H and O–H groups in total. The molecular weight excluding hydrogens is 434 g/mol. The van der Waals surface area contributed by atoms with Crippen LogP contribution in [-0.4, -0.2) is 42.5 Å². The van der Waals surface area contributed by atoms with E-state index < -0.39 is 16.1 Å². The van der Waals surface area contributed by atoms with Crippen LogP contribution < -0.4 is 19.5 Å². The van der Waals surface area contributed by atoms with Crippen molar-refractivity contribution in [2.24, 2.45) is 0 Å². The highest BCUT2D eigenvalue weighted by molar-refractivity contribution is 7.92. The van der Waals surface area contributed by atoms with Gasteiger partial charge in [-0.2, -0.15) is 0 Å². The second kappa shape index (κ2) is 8.55. The van der Waals surface area contributed by atoms with Gasteiger partial charge in [0.05, 0.1) is 18.9 Å². The molecule has 11 heteroatoms. The summed E-state index contributed by atoms with van der Waals surface area (Å²) in [5.41, 5.74) is 2.36. The van der Waals surface area contributed by atoms with Gasteiger partial charge in [-0.1, -0.05) is 18.2 Å². The number of nitrogens with zero attached hydrogens (tertiary/aromatic N) is 3. The standard InChI is InChI=1S/C21H19N5O5S/c1-30-20-18(25-32(2,28)29)11-15(13-22-20)14-8-9-26-16(10-14)12-19(24-26)23-21(27)31-17-6-4-3-5-7-17/h3-13,25H,1-2H3,(H,23,24,27). The van der Waals surface area contributed by atoms with E-state index in [1.165, 1.54) is 7.11 Å². The minimum atomic E-state index is -3.51. The molecule has 0 aliphatic heterocycles. The second-order valence-electron chi connectivity index (χ2n) is 6.80. The number of pyridine rings is 2. The number of amides is 1. The summed E-state index contributed by atoms with van der Waals surface area (Å²) in [5, 5.41) is 6.89. The number of nitrogens with one attached hydrogen (secondary N) is 2. The van der Waals surface area contributed by atoms with E-state index in [4.69, 9.17) is 9.47 Å². The first-order valence-corrected chi connectivity index (χ1v) is 11.3. The van der Waals surface area contributed by atoms with Crippen LogP contribution >= 0.6 is 0 Å². The Labute approximate surface area is 183 Å². The van der Waals surface area contributed by atoms with Gasteiger partial charge in [0.2, 0.25) is 15.9 Å². The average Bonchev–Trinajstić information content (AvgIpc) is 3.14. The molecule has 164 valence electrons. The Morgan fingerprint density at radius 2 is 1.84 bits per heavy atom. The van der Waals surface area contributed by atoms with Crippen LogP contribution in [0.3, 0.4) is 0 Å². The summed E-state index contributed by atoms with van der Waals surface area (Å²) >= 11 is 0. The molecule has 0 aliphatic carbocycles. The Morgan fingerprint density at radius 3 is 2.56 bits per heavy atom. The molecule has 32 heavy (non-hydrogen) atoms. The summed E-state index contributed by atoms with van der Waals surface area (Å²) in [6, 6.07) is 15.6. The number of fused-ring (bicyclic) bond motifs is 1. The maximum Gasteiger partial charge on any atom is 0.418 e. The van der Waals surface area contributed by atoms with E-state index in [9.17, 15) is 13.2 Å². The van der Waals surface area contributed by atoms with Gasteiger partial charge in [-0.05, 0) is 35.9 Å². The number of carbonyl (C=O) groups excluding carboxylic acids is 1. The number of ether oxygens (including phenoxy) is 2. The zero-order chi connectivity index (χ0) is 22.7. The molecule has 4 rings (SSSR count). The molecule has 0 fully saturated rings. The summed E-state index contributed by atoms with van der Waals surface area (Å²) in [4.78, 5) is 16.3. The Morgan fingerprint density at radius 1 is 1.06 bits per heavy atom. The fraction of sp³-hybridized carbons (Fsp3) is 0.0952.